The van der Waals surface area contributed by atoms with E-state index in [0.29, 0.717) is 12.2 Å². The Labute approximate surface area is 166 Å². The van der Waals surface area contributed by atoms with E-state index < -0.39 is 10.0 Å². The van der Waals surface area contributed by atoms with Crippen LogP contribution in [-0.4, -0.2) is 24.9 Å². The van der Waals surface area contributed by atoms with Gasteiger partial charge in [-0.25, -0.2) is 23.1 Å². The summed E-state index contributed by atoms with van der Waals surface area (Å²) in [4.78, 5) is 9.01. The highest BCUT2D eigenvalue weighted by Gasteiger charge is 2.17. The molecule has 28 heavy (non-hydrogen) atoms. The van der Waals surface area contributed by atoms with Crippen LogP contribution < -0.4 is 4.72 Å². The predicted octanol–water partition coefficient (Wildman–Crippen LogP) is 3.96. The smallest absolute Gasteiger partial charge is 0.236 e. The zero-order chi connectivity index (χ0) is 20.2. The van der Waals surface area contributed by atoms with Crippen LogP contribution in [0.5, 0.6) is 0 Å². The number of rotatable bonds is 6. The van der Waals surface area contributed by atoms with E-state index in [9.17, 15) is 8.42 Å². The molecule has 0 bridgehead atoms. The molecule has 0 unspecified atom stereocenters. The Kier molecular flexibility index (Phi) is 5.91. The van der Waals surface area contributed by atoms with Gasteiger partial charge in [0.2, 0.25) is 10.0 Å². The molecular formula is C22H25N3O2S. The molecule has 0 saturated carbocycles. The van der Waals surface area contributed by atoms with Crippen molar-refractivity contribution in [1.29, 1.82) is 0 Å². The maximum absolute atomic E-state index is 12.5. The second-order valence-corrected chi connectivity index (χ2v) is 9.47. The van der Waals surface area contributed by atoms with Crippen LogP contribution in [0.2, 0.25) is 0 Å². The number of aromatic nitrogens is 2. The molecule has 1 heterocycles. The Morgan fingerprint density at radius 1 is 0.893 bits per heavy atom. The number of nitrogens with one attached hydrogen (secondary N) is 1. The fourth-order valence-electron chi connectivity index (χ4n) is 2.77. The van der Waals surface area contributed by atoms with Gasteiger partial charge in [0, 0.05) is 24.5 Å². The van der Waals surface area contributed by atoms with Crippen LogP contribution >= 0.6 is 0 Å². The average molecular weight is 396 g/mol. The molecule has 0 radical (unpaired) electrons. The van der Waals surface area contributed by atoms with Crippen LogP contribution in [-0.2, 0) is 21.9 Å². The minimum atomic E-state index is -3.53. The number of sulfonamides is 1. The lowest BCUT2D eigenvalue weighted by atomic mass is 9.87. The van der Waals surface area contributed by atoms with Crippen molar-refractivity contribution >= 4 is 10.0 Å². The summed E-state index contributed by atoms with van der Waals surface area (Å²) in [6, 6.07) is 16.8. The highest BCUT2D eigenvalue weighted by atomic mass is 32.2. The number of nitrogens with zero attached hydrogens (tertiary/aromatic N) is 2. The van der Waals surface area contributed by atoms with Crippen LogP contribution in [0.15, 0.2) is 71.9 Å². The van der Waals surface area contributed by atoms with Crippen LogP contribution in [0.25, 0.3) is 11.4 Å². The molecule has 3 aromatic rings. The van der Waals surface area contributed by atoms with Gasteiger partial charge in [-0.3, -0.25) is 0 Å². The third kappa shape index (κ3) is 5.03. The van der Waals surface area contributed by atoms with Gasteiger partial charge in [0.1, 0.15) is 0 Å². The summed E-state index contributed by atoms with van der Waals surface area (Å²) < 4.78 is 27.6. The molecule has 2 aromatic carbocycles. The van der Waals surface area contributed by atoms with Crippen molar-refractivity contribution in [1.82, 2.24) is 14.7 Å². The van der Waals surface area contributed by atoms with Gasteiger partial charge in [0.15, 0.2) is 5.82 Å². The summed E-state index contributed by atoms with van der Waals surface area (Å²) >= 11 is 0. The van der Waals surface area contributed by atoms with E-state index in [1.165, 1.54) is 0 Å². The van der Waals surface area contributed by atoms with Gasteiger partial charge in [0.25, 0.3) is 0 Å². The molecule has 3 rings (SSSR count). The summed E-state index contributed by atoms with van der Waals surface area (Å²) in [5.41, 5.74) is 2.92. The van der Waals surface area contributed by atoms with E-state index in [4.69, 9.17) is 0 Å². The highest BCUT2D eigenvalue weighted by Crippen LogP contribution is 2.23. The molecular weight excluding hydrogens is 370 g/mol. The first-order chi connectivity index (χ1) is 13.3. The van der Waals surface area contributed by atoms with Crippen molar-refractivity contribution in [2.45, 2.75) is 37.5 Å². The van der Waals surface area contributed by atoms with Crippen molar-refractivity contribution in [3.05, 3.63) is 78.1 Å². The molecule has 6 heteroatoms. The largest absolute Gasteiger partial charge is 0.240 e. The summed E-state index contributed by atoms with van der Waals surface area (Å²) in [5, 5.41) is 0. The lowest BCUT2D eigenvalue weighted by Crippen LogP contribution is -2.26. The third-order valence-corrected chi connectivity index (χ3v) is 5.95. The van der Waals surface area contributed by atoms with Gasteiger partial charge in [-0.2, -0.15) is 0 Å². The summed E-state index contributed by atoms with van der Waals surface area (Å²) in [5.74, 6) is 0.656. The number of hydrogen-bond donors (Lipinski definition) is 1. The molecule has 0 amide bonds. The summed E-state index contributed by atoms with van der Waals surface area (Å²) in [6.45, 7) is 6.58. The maximum atomic E-state index is 12.5. The molecule has 0 aliphatic carbocycles. The Morgan fingerprint density at radius 2 is 1.50 bits per heavy atom. The van der Waals surface area contributed by atoms with Crippen LogP contribution in [0.4, 0.5) is 0 Å². The van der Waals surface area contributed by atoms with Crippen molar-refractivity contribution in [2.24, 2.45) is 0 Å². The number of hydrogen-bond acceptors (Lipinski definition) is 4. The first kappa shape index (κ1) is 20.2. The van der Waals surface area contributed by atoms with Gasteiger partial charge >= 0.3 is 0 Å². The van der Waals surface area contributed by atoms with E-state index >= 15 is 0 Å². The lowest BCUT2D eigenvalue weighted by molar-refractivity contribution is 0.578. The van der Waals surface area contributed by atoms with Gasteiger partial charge in [-0.1, -0.05) is 63.2 Å². The summed E-state index contributed by atoms with van der Waals surface area (Å²) in [7, 11) is -3.53. The van der Waals surface area contributed by atoms with Crippen molar-refractivity contribution in [3.8, 4) is 11.4 Å². The van der Waals surface area contributed by atoms with Gasteiger partial charge in [-0.05, 0) is 35.1 Å². The van der Waals surface area contributed by atoms with Gasteiger partial charge < -0.3 is 0 Å². The van der Waals surface area contributed by atoms with E-state index in [1.54, 1.807) is 24.5 Å². The first-order valence-corrected chi connectivity index (χ1v) is 10.7. The van der Waals surface area contributed by atoms with Gasteiger partial charge in [0.05, 0.1) is 4.90 Å². The predicted molar refractivity (Wildman–Crippen MR) is 112 cm³/mol. The van der Waals surface area contributed by atoms with Crippen molar-refractivity contribution in [3.63, 3.8) is 0 Å². The molecule has 1 aromatic heterocycles. The average Bonchev–Trinajstić information content (AvgIpc) is 2.68. The Hall–Kier alpha value is -2.57. The molecule has 0 saturated heterocycles. The second kappa shape index (κ2) is 8.20. The van der Waals surface area contributed by atoms with Crippen molar-refractivity contribution in [2.75, 3.05) is 6.54 Å². The van der Waals surface area contributed by atoms with E-state index in [2.05, 4.69) is 35.5 Å². The minimum Gasteiger partial charge on any atom is -0.236 e. The van der Waals surface area contributed by atoms with E-state index in [-0.39, 0.29) is 16.9 Å². The first-order valence-electron chi connectivity index (χ1n) is 9.22. The molecule has 1 N–H and O–H groups in total. The molecule has 146 valence electrons. The quantitative estimate of drug-likeness (QED) is 0.686. The standard InChI is InChI=1S/C22H25N3O2S/c1-22(2,3)19-9-11-20(12-10-19)28(26,27)25-14-13-17-15-23-21(24-16-17)18-7-5-4-6-8-18/h4-12,15-16,25H,13-14H2,1-3H3. The number of benzene rings is 2. The third-order valence-electron chi connectivity index (χ3n) is 4.47. The van der Waals surface area contributed by atoms with Crippen LogP contribution in [0.3, 0.4) is 0 Å². The van der Waals surface area contributed by atoms with Crippen LogP contribution in [0.1, 0.15) is 31.9 Å². The molecule has 0 aliphatic rings. The summed E-state index contributed by atoms with van der Waals surface area (Å²) in [6.07, 6.45) is 4.00. The highest BCUT2D eigenvalue weighted by molar-refractivity contribution is 7.89. The molecule has 0 atom stereocenters. The molecule has 0 spiro atoms. The Bertz CT molecular complexity index is 1010. The Balaban J connectivity index is 1.59. The zero-order valence-electron chi connectivity index (χ0n) is 16.4. The SMILES string of the molecule is CC(C)(C)c1ccc(S(=O)(=O)NCCc2cnc(-c3ccccc3)nc2)cc1. The molecule has 0 fully saturated rings. The molecule has 0 aliphatic heterocycles. The van der Waals surface area contributed by atoms with E-state index in [0.717, 1.165) is 16.7 Å². The minimum absolute atomic E-state index is 0.0123. The van der Waals surface area contributed by atoms with Crippen LogP contribution in [0, 0.1) is 0 Å². The maximum Gasteiger partial charge on any atom is 0.240 e. The lowest BCUT2D eigenvalue weighted by Gasteiger charge is -2.19. The fraction of sp³-hybridized carbons (Fsp3) is 0.273. The Morgan fingerprint density at radius 3 is 2.07 bits per heavy atom. The normalized spacial score (nSPS) is 12.1. The topological polar surface area (TPSA) is 72.0 Å². The van der Waals surface area contributed by atoms with Gasteiger partial charge in [-0.15, -0.1) is 0 Å². The zero-order valence-corrected chi connectivity index (χ0v) is 17.2. The van der Waals surface area contributed by atoms with E-state index in [1.807, 2.05) is 42.5 Å². The fourth-order valence-corrected chi connectivity index (χ4v) is 3.80. The van der Waals surface area contributed by atoms with Crippen molar-refractivity contribution < 1.29 is 8.42 Å². The second-order valence-electron chi connectivity index (χ2n) is 7.70. The molecule has 5 nitrogen and oxygen atoms in total. The monoisotopic (exact) mass is 395 g/mol.